The van der Waals surface area contributed by atoms with Crippen LogP contribution in [0.2, 0.25) is 0 Å². The number of hydrogen-bond acceptors (Lipinski definition) is 4. The summed E-state index contributed by atoms with van der Waals surface area (Å²) in [6, 6.07) is 16.4. The van der Waals surface area contributed by atoms with Crippen LogP contribution in [0.1, 0.15) is 22.8 Å². The third-order valence-electron chi connectivity index (χ3n) is 3.60. The van der Waals surface area contributed by atoms with Gasteiger partial charge >= 0.3 is 5.97 Å². The summed E-state index contributed by atoms with van der Waals surface area (Å²) >= 11 is 1.12. The maximum Gasteiger partial charge on any atom is 0.316 e. The van der Waals surface area contributed by atoms with Crippen molar-refractivity contribution in [3.8, 4) is 0 Å². The van der Waals surface area contributed by atoms with E-state index in [2.05, 4.69) is 5.32 Å². The van der Waals surface area contributed by atoms with E-state index >= 15 is 0 Å². The molecule has 0 aliphatic rings. The Labute approximate surface area is 151 Å². The fourth-order valence-electron chi connectivity index (χ4n) is 2.26. The number of amides is 1. The number of carbonyl (C=O) groups excluding carboxylic acids is 1. The van der Waals surface area contributed by atoms with Crippen molar-refractivity contribution in [2.24, 2.45) is 0 Å². The number of carboxylic acids is 1. The first kappa shape index (κ1) is 19.0. The highest BCUT2D eigenvalue weighted by Crippen LogP contribution is 2.26. The molecule has 0 saturated heterocycles. The van der Waals surface area contributed by atoms with Crippen LogP contribution < -0.4 is 5.32 Å². The van der Waals surface area contributed by atoms with E-state index in [1.54, 1.807) is 31.2 Å². The van der Waals surface area contributed by atoms with E-state index in [9.17, 15) is 14.7 Å². The molecular weight excluding hydrogens is 338 g/mol. The number of carbonyl (C=O) groups is 2. The maximum atomic E-state index is 12.4. The molecule has 0 fully saturated rings. The Morgan fingerprint density at radius 1 is 1.08 bits per heavy atom. The Kier molecular flexibility index (Phi) is 7.03. The molecule has 0 aromatic heterocycles. The zero-order valence-corrected chi connectivity index (χ0v) is 14.7. The number of nitrogens with one attached hydrogen (secondary N) is 1. The molecule has 2 rings (SSSR count). The van der Waals surface area contributed by atoms with E-state index in [0.717, 1.165) is 17.3 Å². The third-order valence-corrected chi connectivity index (χ3v) is 4.76. The van der Waals surface area contributed by atoms with Crippen LogP contribution in [0.15, 0.2) is 59.5 Å². The second-order valence-corrected chi connectivity index (χ2v) is 7.03. The molecule has 2 aromatic rings. The van der Waals surface area contributed by atoms with Crippen molar-refractivity contribution < 1.29 is 19.8 Å². The molecule has 25 heavy (non-hydrogen) atoms. The quantitative estimate of drug-likeness (QED) is 0.631. The number of rotatable bonds is 8. The van der Waals surface area contributed by atoms with Gasteiger partial charge in [-0.1, -0.05) is 42.5 Å². The summed E-state index contributed by atoms with van der Waals surface area (Å²) in [4.78, 5) is 24.0. The van der Waals surface area contributed by atoms with E-state index in [0.29, 0.717) is 16.9 Å². The monoisotopic (exact) mass is 359 g/mol. The third kappa shape index (κ3) is 5.92. The average Bonchev–Trinajstić information content (AvgIpc) is 2.61. The fraction of sp³-hybridized carbons (Fsp3) is 0.263. The highest BCUT2D eigenvalue weighted by molar-refractivity contribution is 8.00. The van der Waals surface area contributed by atoms with Crippen LogP contribution in [0.25, 0.3) is 0 Å². The van der Waals surface area contributed by atoms with Crippen LogP contribution in [0.4, 0.5) is 0 Å². The van der Waals surface area contributed by atoms with Crippen molar-refractivity contribution in [1.29, 1.82) is 0 Å². The summed E-state index contributed by atoms with van der Waals surface area (Å²) in [5, 5.41) is 21.2. The van der Waals surface area contributed by atoms with Gasteiger partial charge in [-0.3, -0.25) is 9.59 Å². The lowest BCUT2D eigenvalue weighted by atomic mass is 10.1. The summed E-state index contributed by atoms with van der Waals surface area (Å²) in [5.74, 6) is -1.26. The molecule has 0 spiro atoms. The highest BCUT2D eigenvalue weighted by atomic mass is 32.2. The molecule has 0 aliphatic heterocycles. The van der Waals surface area contributed by atoms with Crippen LogP contribution >= 0.6 is 11.8 Å². The molecule has 0 heterocycles. The molecule has 5 nitrogen and oxygen atoms in total. The Bertz CT molecular complexity index is 720. The van der Waals surface area contributed by atoms with Gasteiger partial charge in [-0.2, -0.15) is 0 Å². The minimum Gasteiger partial charge on any atom is -0.480 e. The molecule has 3 N–H and O–H groups in total. The van der Waals surface area contributed by atoms with Crippen LogP contribution in [0, 0.1) is 0 Å². The Morgan fingerprint density at radius 3 is 2.40 bits per heavy atom. The summed E-state index contributed by atoms with van der Waals surface area (Å²) in [6.07, 6.45) is -0.239. The molecule has 2 atom stereocenters. The van der Waals surface area contributed by atoms with Gasteiger partial charge in [0, 0.05) is 17.9 Å². The Morgan fingerprint density at radius 2 is 1.72 bits per heavy atom. The van der Waals surface area contributed by atoms with Gasteiger partial charge in [-0.15, -0.1) is 11.8 Å². The molecule has 2 unspecified atom stereocenters. The molecule has 0 aliphatic carbocycles. The van der Waals surface area contributed by atoms with Crippen LogP contribution in [-0.4, -0.2) is 40.0 Å². The zero-order valence-electron chi connectivity index (χ0n) is 13.9. The van der Waals surface area contributed by atoms with Gasteiger partial charge in [0.15, 0.2) is 0 Å². The summed E-state index contributed by atoms with van der Waals surface area (Å²) < 4.78 is 0. The van der Waals surface area contributed by atoms with E-state index in [4.69, 9.17) is 5.11 Å². The van der Waals surface area contributed by atoms with Crippen molar-refractivity contribution in [2.45, 2.75) is 29.6 Å². The molecule has 132 valence electrons. The number of thioether (sulfide) groups is 1. The second-order valence-electron chi connectivity index (χ2n) is 5.65. The molecule has 1 amide bonds. The topological polar surface area (TPSA) is 86.6 Å². The summed E-state index contributed by atoms with van der Waals surface area (Å²) in [5.41, 5.74) is 1.41. The van der Waals surface area contributed by atoms with Gasteiger partial charge < -0.3 is 15.5 Å². The maximum absolute atomic E-state index is 12.4. The number of aliphatic carboxylic acids is 1. The van der Waals surface area contributed by atoms with Gasteiger partial charge in [0.25, 0.3) is 5.91 Å². The van der Waals surface area contributed by atoms with Crippen molar-refractivity contribution in [2.75, 3.05) is 6.54 Å². The lowest BCUT2D eigenvalue weighted by molar-refractivity contribution is -0.136. The first-order valence-electron chi connectivity index (χ1n) is 7.96. The van der Waals surface area contributed by atoms with Crippen molar-refractivity contribution in [1.82, 2.24) is 5.32 Å². The predicted molar refractivity (Wildman–Crippen MR) is 97.9 cm³/mol. The van der Waals surface area contributed by atoms with Gasteiger partial charge in [0.1, 0.15) is 5.25 Å². The van der Waals surface area contributed by atoms with E-state index in [-0.39, 0.29) is 12.5 Å². The molecular formula is C19H21NO4S. The lowest BCUT2D eigenvalue weighted by Crippen LogP contribution is -2.33. The number of aliphatic hydroxyl groups excluding tert-OH is 1. The minimum absolute atomic E-state index is 0.126. The Balaban J connectivity index is 1.95. The summed E-state index contributed by atoms with van der Waals surface area (Å²) in [7, 11) is 0. The van der Waals surface area contributed by atoms with Crippen molar-refractivity contribution in [3.05, 3.63) is 65.7 Å². The lowest BCUT2D eigenvalue weighted by Gasteiger charge is -2.14. The molecule has 0 bridgehead atoms. The van der Waals surface area contributed by atoms with E-state index < -0.39 is 17.3 Å². The van der Waals surface area contributed by atoms with Gasteiger partial charge in [-0.05, 0) is 24.6 Å². The SMILES string of the molecule is CC(Sc1ccccc1C(=O)NCC(O)Cc1ccccc1)C(=O)O. The van der Waals surface area contributed by atoms with Crippen LogP contribution in [0.5, 0.6) is 0 Å². The number of hydrogen-bond donors (Lipinski definition) is 3. The van der Waals surface area contributed by atoms with Crippen LogP contribution in [0.3, 0.4) is 0 Å². The van der Waals surface area contributed by atoms with Crippen molar-refractivity contribution >= 4 is 23.6 Å². The smallest absolute Gasteiger partial charge is 0.316 e. The van der Waals surface area contributed by atoms with E-state index in [1.165, 1.54) is 0 Å². The molecule has 2 aromatic carbocycles. The Hall–Kier alpha value is -2.31. The molecule has 6 heteroatoms. The number of benzene rings is 2. The second kappa shape index (κ2) is 9.25. The van der Waals surface area contributed by atoms with Crippen molar-refractivity contribution in [3.63, 3.8) is 0 Å². The highest BCUT2D eigenvalue weighted by Gasteiger charge is 2.18. The fourth-order valence-corrected chi connectivity index (χ4v) is 3.19. The number of aliphatic hydroxyl groups is 1. The largest absolute Gasteiger partial charge is 0.480 e. The molecule has 0 saturated carbocycles. The summed E-state index contributed by atoms with van der Waals surface area (Å²) in [6.45, 7) is 1.70. The predicted octanol–water partition coefficient (Wildman–Crippen LogP) is 2.59. The van der Waals surface area contributed by atoms with Gasteiger partial charge in [0.05, 0.1) is 11.7 Å². The minimum atomic E-state index is -0.932. The zero-order chi connectivity index (χ0) is 18.2. The van der Waals surface area contributed by atoms with Crippen LogP contribution in [-0.2, 0) is 11.2 Å². The van der Waals surface area contributed by atoms with Gasteiger partial charge in [-0.25, -0.2) is 0 Å². The van der Waals surface area contributed by atoms with E-state index in [1.807, 2.05) is 30.3 Å². The first-order valence-corrected chi connectivity index (χ1v) is 8.84. The van der Waals surface area contributed by atoms with Gasteiger partial charge in [0.2, 0.25) is 0 Å². The number of carboxylic acid groups (broad SMARTS) is 1. The standard InChI is InChI=1S/C19H21NO4S/c1-13(19(23)24)25-17-10-6-5-9-16(17)18(22)20-12-15(21)11-14-7-3-2-4-8-14/h2-10,13,15,21H,11-12H2,1H3,(H,20,22)(H,23,24). The average molecular weight is 359 g/mol. The normalized spacial score (nSPS) is 13.0. The first-order chi connectivity index (χ1) is 12.0. The molecule has 0 radical (unpaired) electrons.